The standard InChI is InChI=1S/C19H27N5O/c1-3-24(17-7-5-4-6-8-17)19-21-16(2)15-18(22-19)20-9-10-23-11-13-25-14-12-23/h4-8,15H,3,9-14H2,1-2H3,(H,20,21,22). The molecule has 0 atom stereocenters. The maximum absolute atomic E-state index is 5.39. The molecule has 0 aliphatic carbocycles. The van der Waals surface area contributed by atoms with Crippen LogP contribution < -0.4 is 10.2 Å². The number of para-hydroxylation sites is 1. The molecule has 0 unspecified atom stereocenters. The first-order valence-corrected chi connectivity index (χ1v) is 8.98. The molecule has 0 spiro atoms. The number of benzene rings is 1. The molecule has 6 heteroatoms. The lowest BCUT2D eigenvalue weighted by molar-refractivity contribution is 0.0398. The molecule has 1 fully saturated rings. The van der Waals surface area contributed by atoms with Crippen molar-refractivity contribution < 1.29 is 4.74 Å². The van der Waals surface area contributed by atoms with E-state index >= 15 is 0 Å². The van der Waals surface area contributed by atoms with Gasteiger partial charge in [-0.15, -0.1) is 0 Å². The summed E-state index contributed by atoms with van der Waals surface area (Å²) in [6.45, 7) is 10.5. The monoisotopic (exact) mass is 341 g/mol. The van der Waals surface area contributed by atoms with Crippen molar-refractivity contribution in [1.82, 2.24) is 14.9 Å². The van der Waals surface area contributed by atoms with E-state index in [1.54, 1.807) is 0 Å². The summed E-state index contributed by atoms with van der Waals surface area (Å²) >= 11 is 0. The number of hydrogen-bond donors (Lipinski definition) is 1. The van der Waals surface area contributed by atoms with Crippen LogP contribution in [-0.2, 0) is 4.74 Å². The van der Waals surface area contributed by atoms with Crippen LogP contribution in [0.3, 0.4) is 0 Å². The van der Waals surface area contributed by atoms with Crippen molar-refractivity contribution in [3.8, 4) is 0 Å². The highest BCUT2D eigenvalue weighted by Crippen LogP contribution is 2.23. The van der Waals surface area contributed by atoms with Gasteiger partial charge in [-0.05, 0) is 26.0 Å². The Morgan fingerprint density at radius 3 is 2.64 bits per heavy atom. The Bertz CT molecular complexity index is 658. The summed E-state index contributed by atoms with van der Waals surface area (Å²) < 4.78 is 5.39. The maximum Gasteiger partial charge on any atom is 0.232 e. The quantitative estimate of drug-likeness (QED) is 0.836. The van der Waals surface area contributed by atoms with Crippen molar-refractivity contribution in [2.24, 2.45) is 0 Å². The average Bonchev–Trinajstić information content (AvgIpc) is 2.64. The fourth-order valence-corrected chi connectivity index (χ4v) is 2.98. The smallest absolute Gasteiger partial charge is 0.232 e. The zero-order valence-electron chi connectivity index (χ0n) is 15.1. The van der Waals surface area contributed by atoms with Crippen molar-refractivity contribution in [2.45, 2.75) is 13.8 Å². The normalized spacial score (nSPS) is 15.1. The predicted octanol–water partition coefficient (Wildman–Crippen LogP) is 2.69. The van der Waals surface area contributed by atoms with E-state index in [1.165, 1.54) is 0 Å². The number of morpholine rings is 1. The second-order valence-electron chi connectivity index (χ2n) is 6.16. The van der Waals surface area contributed by atoms with Crippen molar-refractivity contribution in [1.29, 1.82) is 0 Å². The van der Waals surface area contributed by atoms with Crippen LogP contribution in [0.25, 0.3) is 0 Å². The first-order valence-electron chi connectivity index (χ1n) is 8.98. The van der Waals surface area contributed by atoms with E-state index in [0.29, 0.717) is 0 Å². The van der Waals surface area contributed by atoms with Gasteiger partial charge in [0, 0.05) is 50.2 Å². The number of nitrogens with one attached hydrogen (secondary N) is 1. The zero-order valence-corrected chi connectivity index (χ0v) is 15.1. The molecule has 25 heavy (non-hydrogen) atoms. The summed E-state index contributed by atoms with van der Waals surface area (Å²) in [4.78, 5) is 13.9. The molecule has 3 rings (SSSR count). The Balaban J connectivity index is 1.67. The van der Waals surface area contributed by atoms with Crippen molar-refractivity contribution in [3.63, 3.8) is 0 Å². The second kappa shape index (κ2) is 8.78. The van der Waals surface area contributed by atoms with Gasteiger partial charge in [0.25, 0.3) is 0 Å². The molecule has 1 aliphatic heterocycles. The molecule has 2 heterocycles. The fourth-order valence-electron chi connectivity index (χ4n) is 2.98. The summed E-state index contributed by atoms with van der Waals surface area (Å²) in [7, 11) is 0. The summed E-state index contributed by atoms with van der Waals surface area (Å²) in [5.74, 6) is 1.62. The van der Waals surface area contributed by atoms with E-state index in [-0.39, 0.29) is 0 Å². The summed E-state index contributed by atoms with van der Waals surface area (Å²) in [6, 6.07) is 12.3. The number of anilines is 3. The molecule has 1 aliphatic rings. The topological polar surface area (TPSA) is 53.5 Å². The summed E-state index contributed by atoms with van der Waals surface area (Å²) in [6.07, 6.45) is 0. The van der Waals surface area contributed by atoms with Gasteiger partial charge in [0.15, 0.2) is 0 Å². The van der Waals surface area contributed by atoms with Crippen LogP contribution in [0.4, 0.5) is 17.5 Å². The molecule has 0 bridgehead atoms. The molecule has 0 amide bonds. The SMILES string of the molecule is CCN(c1ccccc1)c1nc(C)cc(NCCN2CCOCC2)n1. The molecule has 1 N–H and O–H groups in total. The fraction of sp³-hybridized carbons (Fsp3) is 0.474. The van der Waals surface area contributed by atoms with E-state index in [1.807, 2.05) is 31.2 Å². The average molecular weight is 341 g/mol. The molecule has 6 nitrogen and oxygen atoms in total. The molecular formula is C19H27N5O. The molecule has 2 aromatic rings. The van der Waals surface area contributed by atoms with Gasteiger partial charge in [0.05, 0.1) is 13.2 Å². The third-order valence-corrected chi connectivity index (χ3v) is 4.31. The Hall–Kier alpha value is -2.18. The molecule has 1 saturated heterocycles. The minimum Gasteiger partial charge on any atom is -0.379 e. The van der Waals surface area contributed by atoms with Gasteiger partial charge in [-0.25, -0.2) is 4.98 Å². The van der Waals surface area contributed by atoms with Gasteiger partial charge < -0.3 is 15.0 Å². The van der Waals surface area contributed by atoms with Gasteiger partial charge >= 0.3 is 0 Å². The van der Waals surface area contributed by atoms with Crippen LogP contribution in [0.2, 0.25) is 0 Å². The largest absolute Gasteiger partial charge is 0.379 e. The number of nitrogens with zero attached hydrogens (tertiary/aromatic N) is 4. The highest BCUT2D eigenvalue weighted by atomic mass is 16.5. The first-order chi connectivity index (χ1) is 12.3. The van der Waals surface area contributed by atoms with E-state index in [4.69, 9.17) is 9.72 Å². The highest BCUT2D eigenvalue weighted by molar-refractivity contribution is 5.58. The maximum atomic E-state index is 5.39. The van der Waals surface area contributed by atoms with Crippen LogP contribution in [-0.4, -0.2) is 60.8 Å². The van der Waals surface area contributed by atoms with Gasteiger partial charge in [-0.3, -0.25) is 4.90 Å². The van der Waals surface area contributed by atoms with Crippen LogP contribution in [0.5, 0.6) is 0 Å². The molecule has 1 aromatic carbocycles. The predicted molar refractivity (Wildman–Crippen MR) is 102 cm³/mol. The number of aryl methyl sites for hydroxylation is 1. The lowest BCUT2D eigenvalue weighted by Gasteiger charge is -2.26. The van der Waals surface area contributed by atoms with Gasteiger partial charge in [0.1, 0.15) is 5.82 Å². The molecule has 0 saturated carbocycles. The van der Waals surface area contributed by atoms with E-state index in [9.17, 15) is 0 Å². The van der Waals surface area contributed by atoms with Crippen molar-refractivity contribution in [3.05, 3.63) is 42.1 Å². The Morgan fingerprint density at radius 2 is 1.92 bits per heavy atom. The van der Waals surface area contributed by atoms with Gasteiger partial charge in [0.2, 0.25) is 5.95 Å². The van der Waals surface area contributed by atoms with Crippen LogP contribution in [0, 0.1) is 6.92 Å². The minimum absolute atomic E-state index is 0.738. The molecule has 0 radical (unpaired) electrons. The van der Waals surface area contributed by atoms with Crippen molar-refractivity contribution in [2.75, 3.05) is 56.2 Å². The van der Waals surface area contributed by atoms with Crippen molar-refractivity contribution >= 4 is 17.5 Å². The van der Waals surface area contributed by atoms with Crippen LogP contribution in [0.15, 0.2) is 36.4 Å². The zero-order chi connectivity index (χ0) is 17.5. The minimum atomic E-state index is 0.738. The van der Waals surface area contributed by atoms with Gasteiger partial charge in [-0.2, -0.15) is 4.98 Å². The number of rotatable bonds is 7. The lowest BCUT2D eigenvalue weighted by atomic mass is 10.3. The van der Waals surface area contributed by atoms with E-state index in [0.717, 1.165) is 69.1 Å². The Labute approximate surface area is 149 Å². The summed E-state index contributed by atoms with van der Waals surface area (Å²) in [5.41, 5.74) is 2.07. The molecule has 134 valence electrons. The van der Waals surface area contributed by atoms with E-state index < -0.39 is 0 Å². The second-order valence-corrected chi connectivity index (χ2v) is 6.16. The Morgan fingerprint density at radius 1 is 1.16 bits per heavy atom. The number of aromatic nitrogens is 2. The van der Waals surface area contributed by atoms with Crippen LogP contribution >= 0.6 is 0 Å². The van der Waals surface area contributed by atoms with Crippen LogP contribution in [0.1, 0.15) is 12.6 Å². The third kappa shape index (κ3) is 4.90. The third-order valence-electron chi connectivity index (χ3n) is 4.31. The number of hydrogen-bond acceptors (Lipinski definition) is 6. The van der Waals surface area contributed by atoms with E-state index in [2.05, 4.69) is 39.2 Å². The lowest BCUT2D eigenvalue weighted by Crippen LogP contribution is -2.39. The first kappa shape index (κ1) is 17.6. The highest BCUT2D eigenvalue weighted by Gasteiger charge is 2.13. The molecule has 1 aromatic heterocycles. The van der Waals surface area contributed by atoms with Gasteiger partial charge in [-0.1, -0.05) is 18.2 Å². The molecular weight excluding hydrogens is 314 g/mol. The Kier molecular flexibility index (Phi) is 6.19. The number of ether oxygens (including phenoxy) is 1. The summed E-state index contributed by atoms with van der Waals surface area (Å²) in [5, 5.41) is 3.44.